The Labute approximate surface area is 151 Å². The predicted octanol–water partition coefficient (Wildman–Crippen LogP) is 4.65. The summed E-state index contributed by atoms with van der Waals surface area (Å²) in [5, 5.41) is 0. The van der Waals surface area contributed by atoms with E-state index in [9.17, 15) is 26.0 Å². The van der Waals surface area contributed by atoms with Crippen molar-refractivity contribution in [1.29, 1.82) is 0 Å². The predicted molar refractivity (Wildman–Crippen MR) is 88.9 cm³/mol. The molecule has 0 spiro atoms. The molecule has 0 aromatic heterocycles. The second-order valence-electron chi connectivity index (χ2n) is 5.23. The zero-order valence-electron chi connectivity index (χ0n) is 13.0. The van der Waals surface area contributed by atoms with Crippen LogP contribution in [0.4, 0.5) is 17.6 Å². The topological polar surface area (TPSA) is 46.2 Å². The Morgan fingerprint density at radius 3 is 2.36 bits per heavy atom. The Morgan fingerprint density at radius 1 is 1.08 bits per heavy atom. The molecule has 0 bridgehead atoms. The van der Waals surface area contributed by atoms with Gasteiger partial charge < -0.3 is 0 Å². The Hall–Kier alpha value is -1.45. The van der Waals surface area contributed by atoms with E-state index in [-0.39, 0.29) is 10.5 Å². The van der Waals surface area contributed by atoms with Crippen LogP contribution in [-0.2, 0) is 29.2 Å². The number of benzene rings is 2. The molecule has 9 heteroatoms. The average Bonchev–Trinajstić information content (AvgIpc) is 2.52. The van der Waals surface area contributed by atoms with E-state index in [0.717, 1.165) is 0 Å². The van der Waals surface area contributed by atoms with Gasteiger partial charge >= 0.3 is 6.18 Å². The Kier molecular flexibility index (Phi) is 5.90. The lowest BCUT2D eigenvalue weighted by Gasteiger charge is -2.13. The molecule has 0 aliphatic heterocycles. The van der Waals surface area contributed by atoms with Crippen LogP contribution in [0.3, 0.4) is 0 Å². The molecule has 0 atom stereocenters. The maximum atomic E-state index is 13.7. The summed E-state index contributed by atoms with van der Waals surface area (Å²) in [6, 6.07) is 6.44. The summed E-state index contributed by atoms with van der Waals surface area (Å²) in [5.74, 6) is -0.915. The SMILES string of the molecule is CCc1cc(Br)ccc1S(=O)(=O)NCc1cc(C(F)(F)F)ccc1F. The van der Waals surface area contributed by atoms with Gasteiger partial charge in [-0.1, -0.05) is 22.9 Å². The third-order valence-electron chi connectivity index (χ3n) is 3.52. The number of hydrogen-bond donors (Lipinski definition) is 1. The highest BCUT2D eigenvalue weighted by atomic mass is 79.9. The molecule has 0 heterocycles. The first-order valence-corrected chi connectivity index (χ1v) is 9.46. The summed E-state index contributed by atoms with van der Waals surface area (Å²) >= 11 is 3.24. The van der Waals surface area contributed by atoms with Gasteiger partial charge in [-0.05, 0) is 48.4 Å². The molecule has 0 radical (unpaired) electrons. The van der Waals surface area contributed by atoms with Crippen LogP contribution < -0.4 is 4.72 Å². The standard InChI is InChI=1S/C16H14BrF4NO2S/c1-2-10-8-13(17)4-6-15(10)25(23,24)22-9-11-7-12(16(19,20)21)3-5-14(11)18/h3-8,22H,2,9H2,1H3. The van der Waals surface area contributed by atoms with Crippen molar-refractivity contribution in [2.75, 3.05) is 0 Å². The molecule has 2 aromatic rings. The fourth-order valence-corrected chi connectivity index (χ4v) is 3.93. The summed E-state index contributed by atoms with van der Waals surface area (Å²) in [4.78, 5) is 0.00517. The number of hydrogen-bond acceptors (Lipinski definition) is 2. The molecule has 0 saturated carbocycles. The number of nitrogens with one attached hydrogen (secondary N) is 1. The quantitative estimate of drug-likeness (QED) is 0.689. The van der Waals surface area contributed by atoms with Gasteiger partial charge in [0.2, 0.25) is 10.0 Å². The van der Waals surface area contributed by atoms with Gasteiger partial charge in [0.15, 0.2) is 0 Å². The number of aryl methyl sites for hydroxylation is 1. The van der Waals surface area contributed by atoms with Crippen LogP contribution in [0.1, 0.15) is 23.6 Å². The number of sulfonamides is 1. The molecule has 0 unspecified atom stereocenters. The first-order valence-electron chi connectivity index (χ1n) is 7.18. The van der Waals surface area contributed by atoms with Crippen LogP contribution in [0, 0.1) is 5.82 Å². The Morgan fingerprint density at radius 2 is 1.76 bits per heavy atom. The van der Waals surface area contributed by atoms with Crippen LogP contribution in [0.15, 0.2) is 45.8 Å². The van der Waals surface area contributed by atoms with Gasteiger partial charge in [-0.15, -0.1) is 0 Å². The fraction of sp³-hybridized carbons (Fsp3) is 0.250. The van der Waals surface area contributed by atoms with E-state index in [1.807, 2.05) is 0 Å². The molecule has 1 N–H and O–H groups in total. The zero-order chi connectivity index (χ0) is 18.8. The summed E-state index contributed by atoms with van der Waals surface area (Å²) in [6.45, 7) is 1.19. The van der Waals surface area contributed by atoms with Gasteiger partial charge in [-0.25, -0.2) is 17.5 Å². The maximum absolute atomic E-state index is 13.7. The molecule has 0 aliphatic carbocycles. The van der Waals surface area contributed by atoms with E-state index in [0.29, 0.717) is 34.7 Å². The lowest BCUT2D eigenvalue weighted by atomic mass is 10.1. The fourth-order valence-electron chi connectivity index (χ4n) is 2.22. The lowest BCUT2D eigenvalue weighted by Crippen LogP contribution is -2.25. The van der Waals surface area contributed by atoms with E-state index in [2.05, 4.69) is 20.7 Å². The second kappa shape index (κ2) is 7.43. The largest absolute Gasteiger partial charge is 0.416 e. The van der Waals surface area contributed by atoms with Crippen molar-refractivity contribution in [2.45, 2.75) is 31.0 Å². The molecule has 136 valence electrons. The minimum Gasteiger partial charge on any atom is -0.207 e. The molecular weight excluding hydrogens is 426 g/mol. The molecule has 0 amide bonds. The van der Waals surface area contributed by atoms with Gasteiger partial charge in [0, 0.05) is 16.6 Å². The van der Waals surface area contributed by atoms with Crippen molar-refractivity contribution in [1.82, 2.24) is 4.72 Å². The van der Waals surface area contributed by atoms with E-state index < -0.39 is 34.1 Å². The minimum atomic E-state index is -4.64. The summed E-state index contributed by atoms with van der Waals surface area (Å²) in [7, 11) is -4.00. The van der Waals surface area contributed by atoms with E-state index in [1.54, 1.807) is 19.1 Å². The molecular formula is C16H14BrF4NO2S. The molecule has 0 aliphatic rings. The van der Waals surface area contributed by atoms with Crippen molar-refractivity contribution in [3.63, 3.8) is 0 Å². The molecule has 0 saturated heterocycles. The van der Waals surface area contributed by atoms with Crippen molar-refractivity contribution >= 4 is 26.0 Å². The van der Waals surface area contributed by atoms with Gasteiger partial charge in [0.1, 0.15) is 5.82 Å². The molecule has 2 aromatic carbocycles. The normalized spacial score (nSPS) is 12.4. The van der Waals surface area contributed by atoms with Crippen LogP contribution in [0.5, 0.6) is 0 Å². The number of alkyl halides is 3. The first-order chi connectivity index (χ1) is 11.5. The van der Waals surface area contributed by atoms with E-state index in [1.165, 1.54) is 6.07 Å². The maximum Gasteiger partial charge on any atom is 0.416 e. The minimum absolute atomic E-state index is 0.00517. The van der Waals surface area contributed by atoms with Gasteiger partial charge in [-0.3, -0.25) is 0 Å². The first kappa shape index (κ1) is 19.9. The van der Waals surface area contributed by atoms with Crippen LogP contribution in [0.2, 0.25) is 0 Å². The van der Waals surface area contributed by atoms with Gasteiger partial charge in [0.25, 0.3) is 0 Å². The Balaban J connectivity index is 2.29. The second-order valence-corrected chi connectivity index (χ2v) is 7.89. The lowest BCUT2D eigenvalue weighted by molar-refractivity contribution is -0.137. The molecule has 0 fully saturated rings. The monoisotopic (exact) mass is 439 g/mol. The van der Waals surface area contributed by atoms with Crippen LogP contribution in [-0.4, -0.2) is 8.42 Å². The Bertz CT molecular complexity index is 882. The van der Waals surface area contributed by atoms with E-state index >= 15 is 0 Å². The molecule has 25 heavy (non-hydrogen) atoms. The zero-order valence-corrected chi connectivity index (χ0v) is 15.4. The smallest absolute Gasteiger partial charge is 0.207 e. The number of rotatable bonds is 5. The van der Waals surface area contributed by atoms with Crippen molar-refractivity contribution in [3.8, 4) is 0 Å². The van der Waals surface area contributed by atoms with Crippen molar-refractivity contribution in [3.05, 3.63) is 63.4 Å². The summed E-state index contributed by atoms with van der Waals surface area (Å²) < 4.78 is 79.5. The highest BCUT2D eigenvalue weighted by Gasteiger charge is 2.31. The van der Waals surface area contributed by atoms with Gasteiger partial charge in [0.05, 0.1) is 10.5 Å². The highest BCUT2D eigenvalue weighted by molar-refractivity contribution is 9.10. The summed E-state index contributed by atoms with van der Waals surface area (Å²) in [6.07, 6.45) is -4.20. The average molecular weight is 440 g/mol. The summed E-state index contributed by atoms with van der Waals surface area (Å²) in [5.41, 5.74) is -0.888. The third-order valence-corrected chi connectivity index (χ3v) is 5.51. The van der Waals surface area contributed by atoms with E-state index in [4.69, 9.17) is 0 Å². The van der Waals surface area contributed by atoms with Crippen LogP contribution in [0.25, 0.3) is 0 Å². The molecule has 2 rings (SSSR count). The van der Waals surface area contributed by atoms with Crippen LogP contribution >= 0.6 is 15.9 Å². The van der Waals surface area contributed by atoms with Crippen molar-refractivity contribution in [2.24, 2.45) is 0 Å². The molecule has 3 nitrogen and oxygen atoms in total. The third kappa shape index (κ3) is 4.80. The highest BCUT2D eigenvalue weighted by Crippen LogP contribution is 2.30. The van der Waals surface area contributed by atoms with Crippen molar-refractivity contribution < 1.29 is 26.0 Å². The number of halogens is 5. The van der Waals surface area contributed by atoms with Gasteiger partial charge in [-0.2, -0.15) is 13.2 Å².